The molecule has 2 aromatic carbocycles. The van der Waals surface area contributed by atoms with Crippen LogP contribution >= 0.6 is 0 Å². The van der Waals surface area contributed by atoms with Gasteiger partial charge in [-0.3, -0.25) is 0 Å². The number of halogens is 3. The third kappa shape index (κ3) is 4.40. The predicted octanol–water partition coefficient (Wildman–Crippen LogP) is 3.84. The van der Waals surface area contributed by atoms with Crippen molar-refractivity contribution in [3.05, 3.63) is 59.7 Å². The van der Waals surface area contributed by atoms with Crippen molar-refractivity contribution in [2.75, 3.05) is 7.11 Å². The quantitative estimate of drug-likeness (QED) is 0.563. The van der Waals surface area contributed by atoms with E-state index in [2.05, 4.69) is 14.9 Å². The van der Waals surface area contributed by atoms with E-state index in [1.165, 1.54) is 43.5 Å². The average molecular weight is 394 g/mol. The van der Waals surface area contributed by atoms with E-state index in [0.717, 1.165) is 6.07 Å². The minimum atomic E-state index is -3.00. The zero-order chi connectivity index (χ0) is 20.1. The highest BCUT2D eigenvalue weighted by Gasteiger charge is 2.17. The van der Waals surface area contributed by atoms with Crippen LogP contribution in [0.3, 0.4) is 0 Å². The zero-order valence-corrected chi connectivity index (χ0v) is 14.4. The van der Waals surface area contributed by atoms with Gasteiger partial charge in [-0.2, -0.15) is 13.8 Å². The second-order valence-corrected chi connectivity index (χ2v) is 5.31. The minimum Gasteiger partial charge on any atom is -0.493 e. The van der Waals surface area contributed by atoms with E-state index >= 15 is 0 Å². The molecule has 0 saturated heterocycles. The lowest BCUT2D eigenvalue weighted by atomic mass is 10.2. The molecule has 0 unspecified atom stereocenters. The smallest absolute Gasteiger partial charge is 0.387 e. The molecule has 0 fully saturated rings. The van der Waals surface area contributed by atoms with Crippen molar-refractivity contribution < 1.29 is 36.7 Å². The van der Waals surface area contributed by atoms with E-state index in [4.69, 9.17) is 14.0 Å². The second-order valence-electron chi connectivity index (χ2n) is 5.31. The van der Waals surface area contributed by atoms with Crippen molar-refractivity contribution >= 4 is 5.97 Å². The van der Waals surface area contributed by atoms with Crippen LogP contribution in [0.15, 0.2) is 47.0 Å². The summed E-state index contributed by atoms with van der Waals surface area (Å²) >= 11 is 0. The van der Waals surface area contributed by atoms with Gasteiger partial charge in [-0.15, -0.1) is 0 Å². The molecule has 1 heterocycles. The van der Waals surface area contributed by atoms with E-state index < -0.39 is 18.4 Å². The molecule has 3 aromatic rings. The second kappa shape index (κ2) is 8.42. The normalized spacial score (nSPS) is 10.8. The van der Waals surface area contributed by atoms with Crippen molar-refractivity contribution in [1.29, 1.82) is 0 Å². The van der Waals surface area contributed by atoms with Crippen LogP contribution in [0.1, 0.15) is 16.2 Å². The van der Waals surface area contributed by atoms with Gasteiger partial charge in [0.1, 0.15) is 5.82 Å². The van der Waals surface area contributed by atoms with Crippen LogP contribution in [-0.2, 0) is 11.3 Å². The minimum absolute atomic E-state index is 0.0356. The Morgan fingerprint density at radius 2 is 1.96 bits per heavy atom. The number of ether oxygens (including phenoxy) is 3. The highest BCUT2D eigenvalue weighted by molar-refractivity contribution is 5.89. The Morgan fingerprint density at radius 3 is 2.68 bits per heavy atom. The lowest BCUT2D eigenvalue weighted by Crippen LogP contribution is -2.07. The predicted molar refractivity (Wildman–Crippen MR) is 88.4 cm³/mol. The molecule has 0 saturated carbocycles. The van der Waals surface area contributed by atoms with Crippen LogP contribution in [0.25, 0.3) is 11.4 Å². The summed E-state index contributed by atoms with van der Waals surface area (Å²) in [6.45, 7) is -3.37. The lowest BCUT2D eigenvalue weighted by Gasteiger charge is -2.10. The molecule has 0 spiro atoms. The number of carbonyl (C=O) groups is 1. The molecule has 0 radical (unpaired) electrons. The van der Waals surface area contributed by atoms with Gasteiger partial charge in [0.05, 0.1) is 12.7 Å². The molecule has 10 heteroatoms. The van der Waals surface area contributed by atoms with Gasteiger partial charge in [-0.1, -0.05) is 17.3 Å². The molecule has 0 aliphatic heterocycles. The highest BCUT2D eigenvalue weighted by atomic mass is 19.3. The molecule has 1 aromatic heterocycles. The Balaban J connectivity index is 1.70. The molecule has 0 amide bonds. The number of hydrogen-bond acceptors (Lipinski definition) is 7. The number of benzene rings is 2. The molecule has 28 heavy (non-hydrogen) atoms. The third-order valence-electron chi connectivity index (χ3n) is 3.53. The van der Waals surface area contributed by atoms with E-state index in [-0.39, 0.29) is 35.4 Å². The maximum absolute atomic E-state index is 13.6. The number of aromatic nitrogens is 2. The largest absolute Gasteiger partial charge is 0.493 e. The van der Waals surface area contributed by atoms with Crippen molar-refractivity contribution in [3.8, 4) is 22.9 Å². The first-order valence-electron chi connectivity index (χ1n) is 7.85. The van der Waals surface area contributed by atoms with Crippen LogP contribution in [0.4, 0.5) is 13.2 Å². The molecular weight excluding hydrogens is 381 g/mol. The molecule has 0 bridgehead atoms. The van der Waals surface area contributed by atoms with Crippen LogP contribution in [0.5, 0.6) is 11.5 Å². The van der Waals surface area contributed by atoms with Crippen molar-refractivity contribution in [2.24, 2.45) is 0 Å². The van der Waals surface area contributed by atoms with Gasteiger partial charge in [0.2, 0.25) is 5.82 Å². The first-order valence-corrected chi connectivity index (χ1v) is 7.85. The van der Waals surface area contributed by atoms with Gasteiger partial charge >= 0.3 is 12.6 Å². The number of esters is 1. The summed E-state index contributed by atoms with van der Waals surface area (Å²) in [5.41, 5.74) is 0.176. The zero-order valence-electron chi connectivity index (χ0n) is 14.4. The van der Waals surface area contributed by atoms with E-state index in [0.29, 0.717) is 5.56 Å². The molecule has 0 aliphatic carbocycles. The van der Waals surface area contributed by atoms with Crippen LogP contribution < -0.4 is 9.47 Å². The fourth-order valence-corrected chi connectivity index (χ4v) is 2.26. The maximum Gasteiger partial charge on any atom is 0.387 e. The molecule has 0 N–H and O–H groups in total. The van der Waals surface area contributed by atoms with Crippen LogP contribution in [0.2, 0.25) is 0 Å². The van der Waals surface area contributed by atoms with Gasteiger partial charge in [-0.05, 0) is 30.3 Å². The van der Waals surface area contributed by atoms with Gasteiger partial charge in [0, 0.05) is 5.56 Å². The first kappa shape index (κ1) is 19.2. The molecule has 0 atom stereocenters. The summed E-state index contributed by atoms with van der Waals surface area (Å²) in [5.74, 6) is -1.62. The van der Waals surface area contributed by atoms with Crippen LogP contribution in [-0.4, -0.2) is 29.8 Å². The number of alkyl halides is 2. The van der Waals surface area contributed by atoms with Gasteiger partial charge in [0.25, 0.3) is 5.89 Å². The molecule has 3 rings (SSSR count). The summed E-state index contributed by atoms with van der Waals surface area (Å²) in [4.78, 5) is 15.9. The highest BCUT2D eigenvalue weighted by Crippen LogP contribution is 2.32. The van der Waals surface area contributed by atoms with E-state index in [1.807, 2.05) is 0 Å². The molecule has 0 aliphatic rings. The van der Waals surface area contributed by atoms with Crippen LogP contribution in [0, 0.1) is 5.82 Å². The standard InChI is InChI=1S/C18H13F3N2O5/c1-25-14-8-10(6-7-13(14)27-18(20)21)16-22-15(28-23-16)9-26-17(24)11-4-2-3-5-12(11)19/h2-8,18H,9H2,1H3. The molecular formula is C18H13F3N2O5. The van der Waals surface area contributed by atoms with Crippen molar-refractivity contribution in [1.82, 2.24) is 10.1 Å². The van der Waals surface area contributed by atoms with Crippen molar-refractivity contribution in [2.45, 2.75) is 13.2 Å². The van der Waals surface area contributed by atoms with Crippen molar-refractivity contribution in [3.63, 3.8) is 0 Å². The first-order chi connectivity index (χ1) is 13.5. The number of nitrogens with zero attached hydrogens (tertiary/aromatic N) is 2. The number of carbonyl (C=O) groups excluding carboxylic acids is 1. The summed E-state index contributed by atoms with van der Waals surface area (Å²) in [6.07, 6.45) is 0. The molecule has 7 nitrogen and oxygen atoms in total. The Labute approximate surface area is 156 Å². The third-order valence-corrected chi connectivity index (χ3v) is 3.53. The number of hydrogen-bond donors (Lipinski definition) is 0. The number of rotatable bonds is 7. The Bertz CT molecular complexity index is 977. The summed E-state index contributed by atoms with van der Waals surface area (Å²) < 4.78 is 57.6. The number of methoxy groups -OCH3 is 1. The van der Waals surface area contributed by atoms with E-state index in [9.17, 15) is 18.0 Å². The molecule has 146 valence electrons. The maximum atomic E-state index is 13.6. The lowest BCUT2D eigenvalue weighted by molar-refractivity contribution is -0.0512. The van der Waals surface area contributed by atoms with Gasteiger partial charge in [-0.25, -0.2) is 9.18 Å². The van der Waals surface area contributed by atoms with Gasteiger partial charge < -0.3 is 18.7 Å². The summed E-state index contributed by atoms with van der Waals surface area (Å²) in [5, 5.41) is 3.72. The fraction of sp³-hybridized carbons (Fsp3) is 0.167. The van der Waals surface area contributed by atoms with Gasteiger partial charge in [0.15, 0.2) is 18.1 Å². The summed E-state index contributed by atoms with van der Waals surface area (Å²) in [6, 6.07) is 9.45. The SMILES string of the molecule is COc1cc(-c2noc(COC(=O)c3ccccc3F)n2)ccc1OC(F)F. The Morgan fingerprint density at radius 1 is 1.18 bits per heavy atom. The Kier molecular flexibility index (Phi) is 5.78. The average Bonchev–Trinajstić information content (AvgIpc) is 3.15. The fourth-order valence-electron chi connectivity index (χ4n) is 2.26. The topological polar surface area (TPSA) is 83.7 Å². The Hall–Kier alpha value is -3.56. The monoisotopic (exact) mass is 394 g/mol. The van der Waals surface area contributed by atoms with E-state index in [1.54, 1.807) is 0 Å². The summed E-state index contributed by atoms with van der Waals surface area (Å²) in [7, 11) is 1.29.